The Morgan fingerprint density at radius 2 is 1.78 bits per heavy atom. The van der Waals surface area contributed by atoms with Crippen molar-refractivity contribution in [2.75, 3.05) is 18.5 Å². The zero-order valence-electron chi connectivity index (χ0n) is 20.1. The van der Waals surface area contributed by atoms with Crippen LogP contribution in [0.25, 0.3) is 0 Å². The van der Waals surface area contributed by atoms with E-state index in [0.717, 1.165) is 13.2 Å². The highest BCUT2D eigenvalue weighted by Gasteiger charge is 2.76. The third-order valence-corrected chi connectivity index (χ3v) is 13.7. The quantitative estimate of drug-likeness (QED) is 0.513. The van der Waals surface area contributed by atoms with Crippen LogP contribution in [0.1, 0.15) is 38.3 Å². The van der Waals surface area contributed by atoms with Crippen LogP contribution >= 0.6 is 0 Å². The number of para-hydroxylation sites is 1. The minimum Gasteiger partial charge on any atom is -0.415 e. The lowest BCUT2D eigenvalue weighted by atomic mass is 9.73. The fourth-order valence-corrected chi connectivity index (χ4v) is 7.60. The molecule has 2 aromatic rings. The van der Waals surface area contributed by atoms with Gasteiger partial charge in [-0.3, -0.25) is 9.80 Å². The molecule has 0 aromatic heterocycles. The molecule has 3 saturated heterocycles. The number of likely N-dealkylation sites (tertiary alicyclic amines) is 1. The van der Waals surface area contributed by atoms with Crippen molar-refractivity contribution in [3.8, 4) is 0 Å². The van der Waals surface area contributed by atoms with E-state index in [-0.39, 0.29) is 10.5 Å². The highest BCUT2D eigenvalue weighted by molar-refractivity contribution is 6.74. The summed E-state index contributed by atoms with van der Waals surface area (Å²) in [5.41, 5.74) is 4.53. The van der Waals surface area contributed by atoms with Gasteiger partial charge in [-0.1, -0.05) is 69.3 Å². The number of hydrogen-bond acceptors (Lipinski definition) is 4. The highest BCUT2D eigenvalue weighted by atomic mass is 28.4. The summed E-state index contributed by atoms with van der Waals surface area (Å²) >= 11 is 0. The Hall–Kier alpha value is -1.66. The smallest absolute Gasteiger partial charge is 0.192 e. The topological polar surface area (TPSA) is 27.5 Å². The summed E-state index contributed by atoms with van der Waals surface area (Å²) in [4.78, 5) is 5.54. The molecule has 1 N–H and O–H groups in total. The Morgan fingerprint density at radius 3 is 2.53 bits per heavy atom. The molecular formula is C27H37N3OSi. The van der Waals surface area contributed by atoms with E-state index in [1.54, 1.807) is 5.56 Å². The van der Waals surface area contributed by atoms with E-state index in [4.69, 9.17) is 4.43 Å². The summed E-state index contributed by atoms with van der Waals surface area (Å²) in [6.07, 6.45) is 1.64. The number of anilines is 1. The van der Waals surface area contributed by atoms with E-state index in [1.165, 1.54) is 24.2 Å². The van der Waals surface area contributed by atoms with Gasteiger partial charge >= 0.3 is 0 Å². The van der Waals surface area contributed by atoms with Gasteiger partial charge in [0.1, 0.15) is 0 Å². The largest absolute Gasteiger partial charge is 0.415 e. The molecule has 4 nitrogen and oxygen atoms in total. The van der Waals surface area contributed by atoms with Crippen molar-refractivity contribution in [2.24, 2.45) is 0 Å². The molecule has 4 heterocycles. The summed E-state index contributed by atoms with van der Waals surface area (Å²) in [5, 5.41) is 4.20. The summed E-state index contributed by atoms with van der Waals surface area (Å²) in [7, 11) is -1.75. The summed E-state index contributed by atoms with van der Waals surface area (Å²) in [6.45, 7) is 14.9. The Balaban J connectivity index is 1.30. The van der Waals surface area contributed by atoms with Crippen molar-refractivity contribution in [1.29, 1.82) is 0 Å². The van der Waals surface area contributed by atoms with Gasteiger partial charge < -0.3 is 9.74 Å². The van der Waals surface area contributed by atoms with Gasteiger partial charge in [-0.2, -0.15) is 0 Å². The lowest BCUT2D eigenvalue weighted by Gasteiger charge is -2.38. The number of fused-ring (bicyclic) bond motifs is 4. The van der Waals surface area contributed by atoms with E-state index in [0.29, 0.717) is 24.3 Å². The average molecular weight is 448 g/mol. The van der Waals surface area contributed by atoms with Crippen molar-refractivity contribution in [3.05, 3.63) is 65.7 Å². The van der Waals surface area contributed by atoms with Crippen molar-refractivity contribution >= 4 is 14.0 Å². The normalized spacial score (nSPS) is 35.1. The van der Waals surface area contributed by atoms with Gasteiger partial charge in [-0.05, 0) is 48.3 Å². The van der Waals surface area contributed by atoms with E-state index >= 15 is 0 Å². The van der Waals surface area contributed by atoms with E-state index in [1.807, 2.05) is 0 Å². The lowest BCUT2D eigenvalue weighted by Crippen LogP contribution is -2.51. The van der Waals surface area contributed by atoms with Crippen LogP contribution in [0.2, 0.25) is 18.1 Å². The minimum atomic E-state index is -1.75. The van der Waals surface area contributed by atoms with Gasteiger partial charge in [0.25, 0.3) is 0 Å². The lowest BCUT2D eigenvalue weighted by molar-refractivity contribution is 0.188. The van der Waals surface area contributed by atoms with Gasteiger partial charge in [0.05, 0.1) is 18.8 Å². The first kappa shape index (κ1) is 20.9. The molecule has 6 rings (SSSR count). The van der Waals surface area contributed by atoms with Crippen LogP contribution in [0.3, 0.4) is 0 Å². The second-order valence-corrected chi connectivity index (χ2v) is 16.7. The molecule has 2 aromatic carbocycles. The number of benzene rings is 2. The molecule has 0 saturated carbocycles. The number of nitrogens with zero attached hydrogens (tertiary/aromatic N) is 2. The van der Waals surface area contributed by atoms with Crippen molar-refractivity contribution in [2.45, 2.75) is 81.6 Å². The monoisotopic (exact) mass is 447 g/mol. The standard InChI is InChI=1S/C27H37N3OSi/c1-26(2,3)32(4,5)31-18-22-23-24-27(15-16-29(24)17-19-11-7-6-8-12-19)20-13-9-10-14-21(20)28-25(27)30(22)23/h6-14,22-25,28H,15-18H2,1-5H3/t22?,23-,24+,25+,27-,30?/m1/s1. The van der Waals surface area contributed by atoms with Gasteiger partial charge in [0.15, 0.2) is 8.32 Å². The molecule has 0 radical (unpaired) electrons. The first-order chi connectivity index (χ1) is 15.2. The molecule has 5 heteroatoms. The van der Waals surface area contributed by atoms with Gasteiger partial charge in [0.2, 0.25) is 0 Å². The SMILES string of the molecule is CC(C)(C)[Si](C)(C)OCC1[C@@H]2[C@@H]3N(Cc4ccccc4)CC[C@@]34c3ccccc3N[C@H]4N12. The summed E-state index contributed by atoms with van der Waals surface area (Å²) in [5.74, 6) is 0. The molecule has 0 amide bonds. The van der Waals surface area contributed by atoms with Crippen LogP contribution in [0.5, 0.6) is 0 Å². The summed E-state index contributed by atoms with van der Waals surface area (Å²) < 4.78 is 6.73. The zero-order valence-corrected chi connectivity index (χ0v) is 21.1. The van der Waals surface area contributed by atoms with E-state index in [2.05, 4.69) is 104 Å². The predicted octanol–water partition coefficient (Wildman–Crippen LogP) is 5.04. The van der Waals surface area contributed by atoms with E-state index in [9.17, 15) is 0 Å². The van der Waals surface area contributed by atoms with Crippen LogP contribution in [-0.4, -0.2) is 55.6 Å². The van der Waals surface area contributed by atoms with Gasteiger partial charge in [0, 0.05) is 29.7 Å². The van der Waals surface area contributed by atoms with Crippen molar-refractivity contribution in [3.63, 3.8) is 0 Å². The van der Waals surface area contributed by atoms with Crippen LogP contribution in [0.15, 0.2) is 54.6 Å². The molecule has 2 unspecified atom stereocenters. The molecule has 170 valence electrons. The average Bonchev–Trinajstić information content (AvgIpc) is 3.02. The Morgan fingerprint density at radius 1 is 1.06 bits per heavy atom. The molecule has 3 fully saturated rings. The van der Waals surface area contributed by atoms with Gasteiger partial charge in [-0.25, -0.2) is 0 Å². The van der Waals surface area contributed by atoms with Gasteiger partial charge in [-0.15, -0.1) is 0 Å². The Kier molecular flexibility index (Phi) is 4.52. The fourth-order valence-electron chi connectivity index (χ4n) is 6.58. The zero-order chi connectivity index (χ0) is 22.3. The number of nitrogens with one attached hydrogen (secondary N) is 1. The molecule has 6 atom stereocenters. The third-order valence-electron chi connectivity index (χ3n) is 9.25. The van der Waals surface area contributed by atoms with Crippen LogP contribution < -0.4 is 5.32 Å². The first-order valence-electron chi connectivity index (χ1n) is 12.3. The molecule has 4 aliphatic heterocycles. The molecule has 0 aliphatic carbocycles. The molecular weight excluding hydrogens is 410 g/mol. The third kappa shape index (κ3) is 2.84. The maximum absolute atomic E-state index is 6.73. The van der Waals surface area contributed by atoms with Crippen LogP contribution in [0, 0.1) is 0 Å². The molecule has 1 spiro atoms. The highest BCUT2D eigenvalue weighted by Crippen LogP contribution is 2.64. The summed E-state index contributed by atoms with van der Waals surface area (Å²) in [6, 6.07) is 21.8. The van der Waals surface area contributed by atoms with Crippen LogP contribution in [0.4, 0.5) is 5.69 Å². The maximum Gasteiger partial charge on any atom is 0.192 e. The second-order valence-electron chi connectivity index (χ2n) is 11.9. The minimum absolute atomic E-state index is 0.212. The van der Waals surface area contributed by atoms with Crippen molar-refractivity contribution < 1.29 is 4.43 Å². The number of rotatable bonds is 5. The number of piperidine rings is 1. The second kappa shape index (κ2) is 6.92. The first-order valence-corrected chi connectivity index (χ1v) is 15.2. The molecule has 32 heavy (non-hydrogen) atoms. The number of hydrogen-bond donors (Lipinski definition) is 1. The molecule has 0 bridgehead atoms. The Labute approximate surface area is 194 Å². The Bertz CT molecular complexity index is 1020. The van der Waals surface area contributed by atoms with Crippen molar-refractivity contribution in [1.82, 2.24) is 9.80 Å². The maximum atomic E-state index is 6.73. The fraction of sp³-hybridized carbons (Fsp3) is 0.556. The molecule has 4 aliphatic rings. The van der Waals surface area contributed by atoms with E-state index < -0.39 is 8.32 Å². The predicted molar refractivity (Wildman–Crippen MR) is 133 cm³/mol. The van der Waals surface area contributed by atoms with Crippen LogP contribution in [-0.2, 0) is 16.4 Å².